The van der Waals surface area contributed by atoms with E-state index < -0.39 is 16.1 Å². The summed E-state index contributed by atoms with van der Waals surface area (Å²) in [5.74, 6) is 0.0806. The Hall–Kier alpha value is -0.620. The van der Waals surface area contributed by atoms with Gasteiger partial charge in [-0.1, -0.05) is 31.9 Å². The molecule has 0 aliphatic carbocycles. The van der Waals surface area contributed by atoms with Gasteiger partial charge in [0.1, 0.15) is 0 Å². The molecule has 19 heavy (non-hydrogen) atoms. The second kappa shape index (κ2) is 7.24. The van der Waals surface area contributed by atoms with Crippen LogP contribution < -0.4 is 4.72 Å². The zero-order valence-electron chi connectivity index (χ0n) is 11.1. The van der Waals surface area contributed by atoms with Gasteiger partial charge in [-0.3, -0.25) is 0 Å². The molecule has 0 fully saturated rings. The maximum absolute atomic E-state index is 12.2. The number of rotatable bonds is 7. The van der Waals surface area contributed by atoms with Gasteiger partial charge >= 0.3 is 0 Å². The van der Waals surface area contributed by atoms with Crippen LogP contribution in [0.2, 0.25) is 5.02 Å². The van der Waals surface area contributed by atoms with E-state index in [4.69, 9.17) is 11.6 Å². The zero-order chi connectivity index (χ0) is 14.5. The molecule has 0 bridgehead atoms. The Morgan fingerprint density at radius 1 is 1.32 bits per heavy atom. The van der Waals surface area contributed by atoms with Crippen LogP contribution in [0.15, 0.2) is 29.2 Å². The molecule has 4 nitrogen and oxygen atoms in total. The van der Waals surface area contributed by atoms with Crippen LogP contribution in [-0.2, 0) is 10.0 Å². The van der Waals surface area contributed by atoms with Crippen LogP contribution >= 0.6 is 11.6 Å². The summed E-state index contributed by atoms with van der Waals surface area (Å²) in [5, 5.41) is 9.81. The Kier molecular flexibility index (Phi) is 6.26. The molecule has 2 N–H and O–H groups in total. The highest BCUT2D eigenvalue weighted by atomic mass is 35.5. The second-order valence-electron chi connectivity index (χ2n) is 4.63. The quantitative estimate of drug-likeness (QED) is 0.813. The first kappa shape index (κ1) is 16.4. The van der Waals surface area contributed by atoms with Crippen LogP contribution in [0, 0.1) is 5.92 Å². The SMILES string of the molecule is CCC[C@H](C)[C@@H](CO)NS(=O)(=O)c1ccc(Cl)cc1. The van der Waals surface area contributed by atoms with Crippen LogP contribution in [0.4, 0.5) is 0 Å². The summed E-state index contributed by atoms with van der Waals surface area (Å²) in [4.78, 5) is 0.152. The van der Waals surface area contributed by atoms with Crippen molar-refractivity contribution in [1.29, 1.82) is 0 Å². The lowest BCUT2D eigenvalue weighted by atomic mass is 9.98. The molecule has 0 heterocycles. The van der Waals surface area contributed by atoms with E-state index in [0.29, 0.717) is 5.02 Å². The highest BCUT2D eigenvalue weighted by Gasteiger charge is 2.23. The molecule has 0 aliphatic rings. The Morgan fingerprint density at radius 3 is 2.37 bits per heavy atom. The first-order chi connectivity index (χ1) is 8.90. The van der Waals surface area contributed by atoms with Gasteiger partial charge in [0.15, 0.2) is 0 Å². The maximum Gasteiger partial charge on any atom is 0.240 e. The van der Waals surface area contributed by atoms with E-state index >= 15 is 0 Å². The number of benzene rings is 1. The van der Waals surface area contributed by atoms with E-state index in [2.05, 4.69) is 4.72 Å². The van der Waals surface area contributed by atoms with Crippen LogP contribution in [0.3, 0.4) is 0 Å². The summed E-state index contributed by atoms with van der Waals surface area (Å²) in [7, 11) is -3.62. The number of nitrogens with one attached hydrogen (secondary N) is 1. The molecule has 1 aromatic carbocycles. The van der Waals surface area contributed by atoms with E-state index in [1.807, 2.05) is 13.8 Å². The van der Waals surface area contributed by atoms with Gasteiger partial charge in [-0.2, -0.15) is 0 Å². The molecule has 0 aliphatic heterocycles. The van der Waals surface area contributed by atoms with Crippen molar-refractivity contribution in [1.82, 2.24) is 4.72 Å². The van der Waals surface area contributed by atoms with E-state index in [1.54, 1.807) is 0 Å². The molecular weight excluding hydrogens is 286 g/mol. The molecule has 0 saturated carbocycles. The third-order valence-electron chi connectivity index (χ3n) is 3.06. The van der Waals surface area contributed by atoms with Crippen LogP contribution in [0.25, 0.3) is 0 Å². The van der Waals surface area contributed by atoms with Crippen molar-refractivity contribution in [2.45, 2.75) is 37.6 Å². The Bertz CT molecular complexity index is 487. The van der Waals surface area contributed by atoms with Crippen molar-refractivity contribution in [3.63, 3.8) is 0 Å². The monoisotopic (exact) mass is 305 g/mol. The zero-order valence-corrected chi connectivity index (χ0v) is 12.7. The van der Waals surface area contributed by atoms with Gasteiger partial charge in [-0.25, -0.2) is 13.1 Å². The standard InChI is InChI=1S/C13H20ClNO3S/c1-3-4-10(2)13(9-16)15-19(17,18)12-7-5-11(14)6-8-12/h5-8,10,13,15-16H,3-4,9H2,1-2H3/t10-,13+/m0/s1. The van der Waals surface area contributed by atoms with Crippen molar-refractivity contribution >= 4 is 21.6 Å². The van der Waals surface area contributed by atoms with Gasteiger partial charge in [0.05, 0.1) is 11.5 Å². The Labute approximate surface area is 119 Å². The first-order valence-electron chi connectivity index (χ1n) is 6.29. The predicted octanol–water partition coefficient (Wildman–Crippen LogP) is 2.42. The summed E-state index contributed by atoms with van der Waals surface area (Å²) in [5.41, 5.74) is 0. The van der Waals surface area contributed by atoms with E-state index in [1.165, 1.54) is 24.3 Å². The molecule has 0 amide bonds. The average Bonchev–Trinajstić information content (AvgIpc) is 2.36. The summed E-state index contributed by atoms with van der Waals surface area (Å²) in [6, 6.07) is 5.48. The lowest BCUT2D eigenvalue weighted by molar-refractivity contribution is 0.216. The molecule has 1 aromatic rings. The summed E-state index contributed by atoms with van der Waals surface area (Å²) in [6.07, 6.45) is 1.80. The summed E-state index contributed by atoms with van der Waals surface area (Å²) in [6.45, 7) is 3.74. The largest absolute Gasteiger partial charge is 0.395 e. The molecule has 0 unspecified atom stereocenters. The topological polar surface area (TPSA) is 66.4 Å². The van der Waals surface area contributed by atoms with Crippen molar-refractivity contribution < 1.29 is 13.5 Å². The van der Waals surface area contributed by atoms with Crippen molar-refractivity contribution in [3.05, 3.63) is 29.3 Å². The Morgan fingerprint density at radius 2 is 1.89 bits per heavy atom. The molecule has 2 atom stereocenters. The van der Waals surface area contributed by atoms with Gasteiger partial charge in [0, 0.05) is 11.1 Å². The fourth-order valence-corrected chi connectivity index (χ4v) is 3.33. The molecule has 0 aromatic heterocycles. The first-order valence-corrected chi connectivity index (χ1v) is 8.15. The third-order valence-corrected chi connectivity index (χ3v) is 4.82. The van der Waals surface area contributed by atoms with E-state index in [9.17, 15) is 13.5 Å². The maximum atomic E-state index is 12.2. The second-order valence-corrected chi connectivity index (χ2v) is 6.78. The van der Waals surface area contributed by atoms with Crippen molar-refractivity contribution in [2.75, 3.05) is 6.61 Å². The minimum atomic E-state index is -3.62. The molecule has 6 heteroatoms. The number of sulfonamides is 1. The number of aliphatic hydroxyl groups is 1. The van der Waals surface area contributed by atoms with Crippen molar-refractivity contribution in [2.24, 2.45) is 5.92 Å². The number of aliphatic hydroxyl groups excluding tert-OH is 1. The van der Waals surface area contributed by atoms with Gasteiger partial charge in [0.25, 0.3) is 0 Å². The summed E-state index contributed by atoms with van der Waals surface area (Å²) >= 11 is 5.73. The minimum Gasteiger partial charge on any atom is -0.395 e. The number of hydrogen-bond donors (Lipinski definition) is 2. The average molecular weight is 306 g/mol. The Balaban J connectivity index is 2.85. The van der Waals surface area contributed by atoms with Gasteiger partial charge < -0.3 is 5.11 Å². The minimum absolute atomic E-state index is 0.0806. The molecular formula is C13H20ClNO3S. The molecule has 0 radical (unpaired) electrons. The normalized spacial score (nSPS) is 15.2. The fourth-order valence-electron chi connectivity index (χ4n) is 1.87. The predicted molar refractivity (Wildman–Crippen MR) is 76.7 cm³/mol. The third kappa shape index (κ3) is 4.76. The smallest absolute Gasteiger partial charge is 0.240 e. The molecule has 0 spiro atoms. The van der Waals surface area contributed by atoms with Gasteiger partial charge in [0.2, 0.25) is 10.0 Å². The van der Waals surface area contributed by atoms with Crippen molar-refractivity contribution in [3.8, 4) is 0 Å². The lowest BCUT2D eigenvalue weighted by Gasteiger charge is -2.22. The number of halogens is 1. The number of hydrogen-bond acceptors (Lipinski definition) is 3. The summed E-state index contributed by atoms with van der Waals surface area (Å²) < 4.78 is 26.9. The van der Waals surface area contributed by atoms with Gasteiger partial charge in [-0.15, -0.1) is 0 Å². The van der Waals surface area contributed by atoms with Crippen LogP contribution in [0.1, 0.15) is 26.7 Å². The van der Waals surface area contributed by atoms with Crippen LogP contribution in [0.5, 0.6) is 0 Å². The van der Waals surface area contributed by atoms with E-state index in [-0.39, 0.29) is 17.4 Å². The molecule has 108 valence electrons. The lowest BCUT2D eigenvalue weighted by Crippen LogP contribution is -2.41. The fraction of sp³-hybridized carbons (Fsp3) is 0.538. The molecule has 1 rings (SSSR count). The van der Waals surface area contributed by atoms with Gasteiger partial charge in [-0.05, 0) is 36.6 Å². The van der Waals surface area contributed by atoms with Crippen LogP contribution in [-0.4, -0.2) is 26.2 Å². The van der Waals surface area contributed by atoms with E-state index in [0.717, 1.165) is 12.8 Å². The molecule has 0 saturated heterocycles. The highest BCUT2D eigenvalue weighted by molar-refractivity contribution is 7.89. The highest BCUT2D eigenvalue weighted by Crippen LogP contribution is 2.17.